The first-order valence-electron chi connectivity index (χ1n) is 10.1. The average Bonchev–Trinajstić information content (AvgIpc) is 3.26. The number of carbonyl (C=O) groups is 2. The zero-order chi connectivity index (χ0) is 22.7. The molecule has 0 bridgehead atoms. The number of carboxylic acid groups (broad SMARTS) is 1. The standard InChI is InChI=1S/C22H20F2N4O4/c23-15-7-10-18(17(24)11-15)26-22(31)25-16-8-5-12(6-9-16)19-27-20(32-28-19)13-1-3-14(4-2-13)21(29)30/h5-11,13-14H,1-4H2,(H,29,30)(H2,25,26,31). The average molecular weight is 442 g/mol. The summed E-state index contributed by atoms with van der Waals surface area (Å²) in [4.78, 5) is 27.6. The molecule has 1 fully saturated rings. The summed E-state index contributed by atoms with van der Waals surface area (Å²) < 4.78 is 32.0. The highest BCUT2D eigenvalue weighted by molar-refractivity contribution is 5.99. The van der Waals surface area contributed by atoms with Gasteiger partial charge in [-0.25, -0.2) is 13.6 Å². The van der Waals surface area contributed by atoms with Crippen molar-refractivity contribution in [3.05, 3.63) is 60.0 Å². The number of nitrogens with one attached hydrogen (secondary N) is 2. The molecule has 10 heteroatoms. The van der Waals surface area contributed by atoms with Gasteiger partial charge in [0, 0.05) is 23.2 Å². The number of hydrogen-bond acceptors (Lipinski definition) is 5. The Morgan fingerprint density at radius 2 is 1.72 bits per heavy atom. The number of benzene rings is 2. The third-order valence-electron chi connectivity index (χ3n) is 5.45. The Kier molecular flexibility index (Phi) is 6.11. The minimum Gasteiger partial charge on any atom is -0.481 e. The lowest BCUT2D eigenvalue weighted by Gasteiger charge is -2.23. The number of aromatic nitrogens is 2. The lowest BCUT2D eigenvalue weighted by atomic mass is 9.82. The van der Waals surface area contributed by atoms with E-state index in [9.17, 15) is 18.4 Å². The van der Waals surface area contributed by atoms with Gasteiger partial charge in [0.1, 0.15) is 11.6 Å². The van der Waals surface area contributed by atoms with Crippen LogP contribution in [0.4, 0.5) is 25.0 Å². The zero-order valence-corrected chi connectivity index (χ0v) is 16.8. The Bertz CT molecular complexity index is 1130. The fourth-order valence-electron chi connectivity index (χ4n) is 3.68. The van der Waals surface area contributed by atoms with E-state index in [4.69, 9.17) is 9.63 Å². The van der Waals surface area contributed by atoms with Gasteiger partial charge in [-0.1, -0.05) is 5.16 Å². The number of anilines is 2. The van der Waals surface area contributed by atoms with Gasteiger partial charge in [0.15, 0.2) is 0 Å². The molecule has 3 aromatic rings. The van der Waals surface area contributed by atoms with Crippen LogP contribution in [0.5, 0.6) is 0 Å². The van der Waals surface area contributed by atoms with Crippen LogP contribution in [0.2, 0.25) is 0 Å². The fraction of sp³-hybridized carbons (Fsp3) is 0.273. The Morgan fingerprint density at radius 1 is 1.00 bits per heavy atom. The van der Waals surface area contributed by atoms with Crippen molar-refractivity contribution in [3.8, 4) is 11.4 Å². The number of nitrogens with zero attached hydrogens (tertiary/aromatic N) is 2. The summed E-state index contributed by atoms with van der Waals surface area (Å²) in [6, 6.07) is 8.84. The van der Waals surface area contributed by atoms with Crippen molar-refractivity contribution in [2.24, 2.45) is 5.92 Å². The van der Waals surface area contributed by atoms with Gasteiger partial charge in [0.2, 0.25) is 11.7 Å². The van der Waals surface area contributed by atoms with E-state index in [0.29, 0.717) is 54.7 Å². The van der Waals surface area contributed by atoms with Crippen molar-refractivity contribution in [3.63, 3.8) is 0 Å². The maximum atomic E-state index is 13.6. The van der Waals surface area contributed by atoms with Crippen LogP contribution in [0.25, 0.3) is 11.4 Å². The molecule has 0 saturated heterocycles. The van der Waals surface area contributed by atoms with Gasteiger partial charge in [-0.2, -0.15) is 4.98 Å². The third kappa shape index (κ3) is 4.90. The number of carbonyl (C=O) groups excluding carboxylic acids is 1. The molecule has 3 N–H and O–H groups in total. The minimum absolute atomic E-state index is 0.0448. The van der Waals surface area contributed by atoms with E-state index in [1.165, 1.54) is 0 Å². The first-order valence-corrected chi connectivity index (χ1v) is 10.1. The van der Waals surface area contributed by atoms with Crippen LogP contribution < -0.4 is 10.6 Å². The van der Waals surface area contributed by atoms with Gasteiger partial charge in [-0.15, -0.1) is 0 Å². The van der Waals surface area contributed by atoms with E-state index >= 15 is 0 Å². The SMILES string of the molecule is O=C(Nc1ccc(-c2noc(C3CCC(C(=O)O)CC3)n2)cc1)Nc1ccc(F)cc1F. The molecule has 2 aromatic carbocycles. The van der Waals surface area contributed by atoms with Crippen LogP contribution >= 0.6 is 0 Å². The maximum absolute atomic E-state index is 13.6. The second-order valence-electron chi connectivity index (χ2n) is 7.62. The van der Waals surface area contributed by atoms with Crippen LogP contribution in [-0.2, 0) is 4.79 Å². The molecule has 1 saturated carbocycles. The first-order chi connectivity index (χ1) is 15.4. The molecule has 4 rings (SSSR count). The molecular formula is C22H20F2N4O4. The predicted octanol–water partition coefficient (Wildman–Crippen LogP) is 5.02. The molecule has 0 radical (unpaired) electrons. The van der Waals surface area contributed by atoms with Crippen LogP contribution in [0, 0.1) is 17.6 Å². The third-order valence-corrected chi connectivity index (χ3v) is 5.45. The number of aliphatic carboxylic acids is 1. The molecule has 0 atom stereocenters. The number of carboxylic acids is 1. The molecule has 0 aliphatic heterocycles. The zero-order valence-electron chi connectivity index (χ0n) is 16.8. The topological polar surface area (TPSA) is 117 Å². The Morgan fingerprint density at radius 3 is 2.38 bits per heavy atom. The molecule has 0 unspecified atom stereocenters. The van der Waals surface area contributed by atoms with Crippen molar-refractivity contribution in [2.45, 2.75) is 31.6 Å². The molecule has 32 heavy (non-hydrogen) atoms. The summed E-state index contributed by atoms with van der Waals surface area (Å²) in [6.45, 7) is 0. The highest BCUT2D eigenvalue weighted by atomic mass is 19.1. The first kappa shape index (κ1) is 21.4. The summed E-state index contributed by atoms with van der Waals surface area (Å²) in [6.07, 6.45) is 2.54. The number of rotatable bonds is 5. The van der Waals surface area contributed by atoms with Gasteiger partial charge < -0.3 is 20.3 Å². The molecule has 1 aromatic heterocycles. The number of amides is 2. The van der Waals surface area contributed by atoms with Crippen molar-refractivity contribution in [1.29, 1.82) is 0 Å². The molecule has 0 spiro atoms. The summed E-state index contributed by atoms with van der Waals surface area (Å²) >= 11 is 0. The van der Waals surface area contributed by atoms with E-state index in [0.717, 1.165) is 12.1 Å². The molecular weight excluding hydrogens is 422 g/mol. The largest absolute Gasteiger partial charge is 0.481 e. The van der Waals surface area contributed by atoms with Crippen LogP contribution in [0.1, 0.15) is 37.5 Å². The minimum atomic E-state index is -0.875. The predicted molar refractivity (Wildman–Crippen MR) is 111 cm³/mol. The molecule has 1 aliphatic carbocycles. The summed E-state index contributed by atoms with van der Waals surface area (Å²) in [5.41, 5.74) is 0.983. The molecule has 1 heterocycles. The second-order valence-corrected chi connectivity index (χ2v) is 7.62. The van der Waals surface area contributed by atoms with Crippen molar-refractivity contribution in [1.82, 2.24) is 10.1 Å². The Balaban J connectivity index is 1.36. The van der Waals surface area contributed by atoms with Crippen molar-refractivity contribution < 1.29 is 28.0 Å². The molecule has 2 amide bonds. The van der Waals surface area contributed by atoms with E-state index in [-0.39, 0.29) is 17.5 Å². The van der Waals surface area contributed by atoms with Crippen molar-refractivity contribution in [2.75, 3.05) is 10.6 Å². The lowest BCUT2D eigenvalue weighted by Crippen LogP contribution is -2.20. The van der Waals surface area contributed by atoms with Gasteiger partial charge in [0.05, 0.1) is 11.6 Å². The Labute approximate surface area is 181 Å². The second kappa shape index (κ2) is 9.13. The van der Waals surface area contributed by atoms with E-state index in [2.05, 4.69) is 20.8 Å². The quantitative estimate of drug-likeness (QED) is 0.511. The van der Waals surface area contributed by atoms with Crippen molar-refractivity contribution >= 4 is 23.4 Å². The smallest absolute Gasteiger partial charge is 0.323 e. The monoisotopic (exact) mass is 442 g/mol. The highest BCUT2D eigenvalue weighted by Crippen LogP contribution is 2.35. The summed E-state index contributed by atoms with van der Waals surface area (Å²) in [5, 5.41) is 18.0. The van der Waals surface area contributed by atoms with E-state index < -0.39 is 23.6 Å². The molecule has 1 aliphatic rings. The number of hydrogen-bond donors (Lipinski definition) is 3. The van der Waals surface area contributed by atoms with E-state index in [1.54, 1.807) is 24.3 Å². The molecule has 8 nitrogen and oxygen atoms in total. The highest BCUT2D eigenvalue weighted by Gasteiger charge is 2.29. The fourth-order valence-corrected chi connectivity index (χ4v) is 3.68. The Hall–Kier alpha value is -3.82. The van der Waals surface area contributed by atoms with Gasteiger partial charge in [-0.3, -0.25) is 4.79 Å². The van der Waals surface area contributed by atoms with Crippen LogP contribution in [-0.4, -0.2) is 27.2 Å². The van der Waals surface area contributed by atoms with E-state index in [1.807, 2.05) is 0 Å². The number of halogens is 2. The van der Waals surface area contributed by atoms with Gasteiger partial charge in [0.25, 0.3) is 0 Å². The summed E-state index contributed by atoms with van der Waals surface area (Å²) in [7, 11) is 0. The van der Waals surface area contributed by atoms with Crippen LogP contribution in [0.3, 0.4) is 0 Å². The molecule has 166 valence electrons. The van der Waals surface area contributed by atoms with Gasteiger partial charge in [-0.05, 0) is 62.1 Å². The van der Waals surface area contributed by atoms with Gasteiger partial charge >= 0.3 is 12.0 Å². The summed E-state index contributed by atoms with van der Waals surface area (Å²) in [5.74, 6) is -1.76. The normalized spacial score (nSPS) is 18.2. The maximum Gasteiger partial charge on any atom is 0.323 e. The number of urea groups is 1. The lowest BCUT2D eigenvalue weighted by molar-refractivity contribution is -0.142. The van der Waals surface area contributed by atoms with Crippen LogP contribution in [0.15, 0.2) is 47.0 Å².